The van der Waals surface area contributed by atoms with E-state index in [9.17, 15) is 0 Å². The standard InChI is InChI=1S/C26H26Cl2N2OS/c1-5-23(20(13-17-6-7-17)18-8-10-19(27)11-9-18)29-26-30-25(16(3)32-26)21-12-15(2)24(31-4)14-22(21)28/h1,8-12,14,17,20,23H,6-7,13H2,2-4H3,(H,29,30). The molecule has 2 atom stereocenters. The molecule has 1 aliphatic carbocycles. The number of ether oxygens (including phenoxy) is 1. The van der Waals surface area contributed by atoms with Crippen LogP contribution in [0.1, 0.15) is 41.2 Å². The molecule has 3 aromatic rings. The minimum atomic E-state index is -0.164. The Kier molecular flexibility index (Phi) is 7.00. The molecule has 1 fully saturated rings. The van der Waals surface area contributed by atoms with Crippen molar-refractivity contribution in [1.29, 1.82) is 0 Å². The third-order valence-electron chi connectivity index (χ3n) is 5.98. The molecule has 1 heterocycles. The van der Waals surface area contributed by atoms with Crippen LogP contribution >= 0.6 is 34.5 Å². The summed E-state index contributed by atoms with van der Waals surface area (Å²) in [5.41, 5.74) is 3.99. The fourth-order valence-electron chi connectivity index (χ4n) is 4.05. The number of anilines is 1. The number of halogens is 2. The second kappa shape index (κ2) is 9.75. The van der Waals surface area contributed by atoms with Gasteiger partial charge in [-0.3, -0.25) is 0 Å². The van der Waals surface area contributed by atoms with Gasteiger partial charge >= 0.3 is 0 Å². The first-order valence-corrected chi connectivity index (χ1v) is 12.3. The van der Waals surface area contributed by atoms with Gasteiger partial charge in [0, 0.05) is 21.4 Å². The van der Waals surface area contributed by atoms with E-state index in [2.05, 4.69) is 30.3 Å². The van der Waals surface area contributed by atoms with E-state index in [-0.39, 0.29) is 12.0 Å². The first-order valence-electron chi connectivity index (χ1n) is 10.7. The van der Waals surface area contributed by atoms with E-state index in [1.54, 1.807) is 18.4 Å². The third kappa shape index (κ3) is 5.07. The highest BCUT2D eigenvalue weighted by Crippen LogP contribution is 2.42. The Labute approximate surface area is 204 Å². The van der Waals surface area contributed by atoms with Crippen molar-refractivity contribution in [3.8, 4) is 29.4 Å². The number of hydrogen-bond donors (Lipinski definition) is 1. The topological polar surface area (TPSA) is 34.2 Å². The molecule has 1 aromatic heterocycles. The van der Waals surface area contributed by atoms with Gasteiger partial charge in [-0.25, -0.2) is 4.98 Å². The van der Waals surface area contributed by atoms with Gasteiger partial charge in [-0.2, -0.15) is 0 Å². The monoisotopic (exact) mass is 484 g/mol. The lowest BCUT2D eigenvalue weighted by Crippen LogP contribution is -2.26. The third-order valence-corrected chi connectivity index (χ3v) is 7.45. The van der Waals surface area contributed by atoms with Gasteiger partial charge in [0.1, 0.15) is 5.75 Å². The van der Waals surface area contributed by atoms with Crippen molar-refractivity contribution in [3.63, 3.8) is 0 Å². The molecular weight excluding hydrogens is 459 g/mol. The minimum Gasteiger partial charge on any atom is -0.496 e. The van der Waals surface area contributed by atoms with Crippen molar-refractivity contribution in [3.05, 3.63) is 62.4 Å². The summed E-state index contributed by atoms with van der Waals surface area (Å²) < 4.78 is 5.39. The highest BCUT2D eigenvalue weighted by molar-refractivity contribution is 7.16. The Morgan fingerprint density at radius 2 is 1.94 bits per heavy atom. The largest absolute Gasteiger partial charge is 0.496 e. The SMILES string of the molecule is C#CC(Nc1nc(-c2cc(C)c(OC)cc2Cl)c(C)s1)C(CC1CC1)c1ccc(Cl)cc1. The summed E-state index contributed by atoms with van der Waals surface area (Å²) >= 11 is 14.3. The van der Waals surface area contributed by atoms with Crippen LogP contribution in [0, 0.1) is 32.1 Å². The van der Waals surface area contributed by atoms with Crippen molar-refractivity contribution in [2.24, 2.45) is 5.92 Å². The first-order chi connectivity index (χ1) is 15.4. The van der Waals surface area contributed by atoms with Gasteiger partial charge in [0.2, 0.25) is 0 Å². The minimum absolute atomic E-state index is 0.164. The predicted octanol–water partition coefficient (Wildman–Crippen LogP) is 7.74. The number of nitrogens with one attached hydrogen (secondary N) is 1. The summed E-state index contributed by atoms with van der Waals surface area (Å²) in [4.78, 5) is 5.96. The van der Waals surface area contributed by atoms with E-state index in [4.69, 9.17) is 39.3 Å². The van der Waals surface area contributed by atoms with Crippen molar-refractivity contribution in [1.82, 2.24) is 4.98 Å². The number of nitrogens with zero attached hydrogens (tertiary/aromatic N) is 1. The quantitative estimate of drug-likeness (QED) is 0.332. The lowest BCUT2D eigenvalue weighted by Gasteiger charge is -2.24. The van der Waals surface area contributed by atoms with Gasteiger partial charge in [-0.15, -0.1) is 17.8 Å². The Bertz CT molecular complexity index is 1150. The van der Waals surface area contributed by atoms with Gasteiger partial charge in [-0.1, -0.05) is 54.1 Å². The summed E-state index contributed by atoms with van der Waals surface area (Å²) in [6.07, 6.45) is 9.63. The van der Waals surface area contributed by atoms with Crippen LogP contribution in [0.15, 0.2) is 36.4 Å². The molecule has 0 radical (unpaired) electrons. The van der Waals surface area contributed by atoms with Crippen molar-refractivity contribution in [2.75, 3.05) is 12.4 Å². The summed E-state index contributed by atoms with van der Waals surface area (Å²) in [6, 6.07) is 11.7. The van der Waals surface area contributed by atoms with Crippen LogP contribution in [0.2, 0.25) is 10.0 Å². The van der Waals surface area contributed by atoms with Crippen molar-refractivity contribution in [2.45, 2.75) is 45.1 Å². The number of aromatic nitrogens is 1. The van der Waals surface area contributed by atoms with E-state index in [1.165, 1.54) is 18.4 Å². The van der Waals surface area contributed by atoms with Gasteiger partial charge in [0.25, 0.3) is 0 Å². The molecule has 1 N–H and O–H groups in total. The number of aryl methyl sites for hydroxylation is 2. The smallest absolute Gasteiger partial charge is 0.184 e. The Morgan fingerprint density at radius 1 is 1.22 bits per heavy atom. The van der Waals surface area contributed by atoms with Crippen LogP contribution in [-0.4, -0.2) is 18.1 Å². The van der Waals surface area contributed by atoms with Crippen LogP contribution in [0.5, 0.6) is 5.75 Å². The summed E-state index contributed by atoms with van der Waals surface area (Å²) in [5, 5.41) is 5.69. The second-order valence-electron chi connectivity index (χ2n) is 8.35. The zero-order valence-corrected chi connectivity index (χ0v) is 20.7. The molecule has 3 nitrogen and oxygen atoms in total. The molecule has 0 aliphatic heterocycles. The van der Waals surface area contributed by atoms with Crippen molar-refractivity contribution < 1.29 is 4.74 Å². The van der Waals surface area contributed by atoms with E-state index < -0.39 is 0 Å². The fraction of sp³-hybridized carbons (Fsp3) is 0.346. The molecular formula is C26H26Cl2N2OS. The van der Waals surface area contributed by atoms with Crippen LogP contribution in [0.3, 0.4) is 0 Å². The number of benzene rings is 2. The molecule has 0 spiro atoms. The van der Waals surface area contributed by atoms with Gasteiger partial charge in [-0.05, 0) is 61.6 Å². The zero-order valence-electron chi connectivity index (χ0n) is 18.4. The van der Waals surface area contributed by atoms with E-state index in [0.29, 0.717) is 5.02 Å². The lowest BCUT2D eigenvalue weighted by molar-refractivity contribution is 0.412. The number of hydrogen-bond acceptors (Lipinski definition) is 4. The van der Waals surface area contributed by atoms with Crippen LogP contribution < -0.4 is 10.1 Å². The molecule has 6 heteroatoms. The maximum Gasteiger partial charge on any atom is 0.184 e. The maximum absolute atomic E-state index is 6.56. The van der Waals surface area contributed by atoms with E-state index in [0.717, 1.165) is 49.9 Å². The molecule has 1 saturated carbocycles. The van der Waals surface area contributed by atoms with Gasteiger partial charge in [0.05, 0.1) is 23.9 Å². The van der Waals surface area contributed by atoms with E-state index >= 15 is 0 Å². The zero-order chi connectivity index (χ0) is 22.8. The first kappa shape index (κ1) is 23.0. The molecule has 0 amide bonds. The van der Waals surface area contributed by atoms with Crippen molar-refractivity contribution >= 4 is 39.7 Å². The summed E-state index contributed by atoms with van der Waals surface area (Å²) in [7, 11) is 1.65. The average molecular weight is 485 g/mol. The lowest BCUT2D eigenvalue weighted by atomic mass is 9.87. The fourth-order valence-corrected chi connectivity index (χ4v) is 5.29. The Hall–Kier alpha value is -2.19. The molecule has 4 rings (SSSR count). The Morgan fingerprint density at radius 3 is 2.56 bits per heavy atom. The summed E-state index contributed by atoms with van der Waals surface area (Å²) in [6.45, 7) is 4.06. The average Bonchev–Trinajstić information content (AvgIpc) is 3.53. The van der Waals surface area contributed by atoms with Crippen LogP contribution in [0.25, 0.3) is 11.3 Å². The normalized spacial score (nSPS) is 15.1. The maximum atomic E-state index is 6.56. The highest BCUT2D eigenvalue weighted by Gasteiger charge is 2.31. The molecule has 2 aromatic carbocycles. The summed E-state index contributed by atoms with van der Waals surface area (Å²) in [5.74, 6) is 4.69. The molecule has 0 saturated heterocycles. The molecule has 166 valence electrons. The predicted molar refractivity (Wildman–Crippen MR) is 136 cm³/mol. The number of terminal acetylenes is 1. The van der Waals surface area contributed by atoms with Crippen LogP contribution in [0.4, 0.5) is 5.13 Å². The van der Waals surface area contributed by atoms with E-state index in [1.807, 2.05) is 31.2 Å². The molecule has 1 aliphatic rings. The Balaban J connectivity index is 1.62. The molecule has 2 unspecified atom stereocenters. The van der Waals surface area contributed by atoms with Gasteiger partial charge in [0.15, 0.2) is 5.13 Å². The number of methoxy groups -OCH3 is 1. The highest BCUT2D eigenvalue weighted by atomic mass is 35.5. The number of rotatable bonds is 8. The number of thiazole rings is 1. The van der Waals surface area contributed by atoms with Gasteiger partial charge < -0.3 is 10.1 Å². The van der Waals surface area contributed by atoms with Crippen LogP contribution in [-0.2, 0) is 0 Å². The second-order valence-corrected chi connectivity index (χ2v) is 10.4. The molecule has 32 heavy (non-hydrogen) atoms. The molecule has 0 bridgehead atoms.